The number of amides is 1. The molecule has 3 aromatic rings. The summed E-state index contributed by atoms with van der Waals surface area (Å²) in [5.41, 5.74) is 1.82. The summed E-state index contributed by atoms with van der Waals surface area (Å²) in [7, 11) is 1.74. The summed E-state index contributed by atoms with van der Waals surface area (Å²) in [6.07, 6.45) is 4.49. The van der Waals surface area contributed by atoms with Crippen LogP contribution >= 0.6 is 24.0 Å². The Hall–Kier alpha value is -3.37. The molecule has 4 heterocycles. The zero-order valence-corrected chi connectivity index (χ0v) is 22.3. The van der Waals surface area contributed by atoms with Crippen LogP contribution < -0.4 is 10.5 Å². The predicted octanol–water partition coefficient (Wildman–Crippen LogP) is 4.31. The Kier molecular flexibility index (Phi) is 7.21. The van der Waals surface area contributed by atoms with E-state index in [1.807, 2.05) is 31.2 Å². The first kappa shape index (κ1) is 25.3. The topological polar surface area (TPSA) is 85.0 Å². The monoisotopic (exact) mass is 537 g/mol. The second-order valence-corrected chi connectivity index (χ2v) is 10.7. The lowest BCUT2D eigenvalue weighted by Gasteiger charge is -2.34. The molecule has 192 valence electrons. The van der Waals surface area contributed by atoms with Gasteiger partial charge in [0.25, 0.3) is 11.5 Å². The summed E-state index contributed by atoms with van der Waals surface area (Å²) in [6, 6.07) is 11.3. The average molecular weight is 538 g/mol. The Morgan fingerprint density at radius 3 is 2.65 bits per heavy atom. The van der Waals surface area contributed by atoms with Crippen LogP contribution in [0.15, 0.2) is 56.8 Å². The van der Waals surface area contributed by atoms with Gasteiger partial charge in [0.1, 0.15) is 10.1 Å². The van der Waals surface area contributed by atoms with Crippen molar-refractivity contribution in [2.24, 2.45) is 13.0 Å². The van der Waals surface area contributed by atoms with E-state index in [1.54, 1.807) is 36.1 Å². The minimum Gasteiger partial charge on any atom is -0.467 e. The van der Waals surface area contributed by atoms with E-state index in [4.69, 9.17) is 21.4 Å². The zero-order valence-electron chi connectivity index (χ0n) is 20.6. The summed E-state index contributed by atoms with van der Waals surface area (Å²) in [6.45, 7) is 3.60. The quantitative estimate of drug-likeness (QED) is 0.261. The first-order chi connectivity index (χ1) is 17.9. The number of esters is 1. The van der Waals surface area contributed by atoms with Gasteiger partial charge in [0.05, 0.1) is 47.0 Å². The van der Waals surface area contributed by atoms with Crippen LogP contribution in [0.25, 0.3) is 17.0 Å². The molecule has 1 aromatic carbocycles. The van der Waals surface area contributed by atoms with Crippen LogP contribution in [0.3, 0.4) is 0 Å². The van der Waals surface area contributed by atoms with E-state index in [2.05, 4.69) is 4.90 Å². The van der Waals surface area contributed by atoms with E-state index in [9.17, 15) is 14.4 Å². The number of piperidine rings is 1. The molecule has 10 heteroatoms. The predicted molar refractivity (Wildman–Crippen MR) is 148 cm³/mol. The van der Waals surface area contributed by atoms with Crippen molar-refractivity contribution in [2.45, 2.75) is 26.3 Å². The fraction of sp³-hybridized carbons (Fsp3) is 0.333. The molecule has 2 aliphatic rings. The van der Waals surface area contributed by atoms with Gasteiger partial charge < -0.3 is 18.6 Å². The van der Waals surface area contributed by atoms with E-state index in [1.165, 1.54) is 16.7 Å². The first-order valence-corrected chi connectivity index (χ1v) is 13.4. The fourth-order valence-corrected chi connectivity index (χ4v) is 6.14. The molecule has 2 saturated heterocycles. The number of thioether (sulfide) groups is 1. The highest BCUT2D eigenvalue weighted by molar-refractivity contribution is 8.26. The summed E-state index contributed by atoms with van der Waals surface area (Å²) < 4.78 is 12.6. The number of furan rings is 1. The van der Waals surface area contributed by atoms with Gasteiger partial charge in [0.15, 0.2) is 0 Å². The smallest absolute Gasteiger partial charge is 0.309 e. The molecular weight excluding hydrogens is 510 g/mol. The molecule has 1 amide bonds. The van der Waals surface area contributed by atoms with Crippen LogP contribution in [0.4, 0.5) is 5.69 Å². The Bertz CT molecular complexity index is 1450. The molecule has 0 saturated carbocycles. The average Bonchev–Trinajstić information content (AvgIpc) is 3.51. The first-order valence-electron chi connectivity index (χ1n) is 12.2. The minimum atomic E-state index is -0.256. The number of hydrogen-bond donors (Lipinski definition) is 0. The number of anilines is 1. The number of ether oxygens (including phenoxy) is 1. The standard InChI is InChI=1S/C27H27N3O5S2/c1-3-34-26(33)17-10-12-29(13-11-17)23-19-8-4-5-9-21(19)28(2)24(31)20(23)15-22-25(32)30(27(36)37-22)16-18-7-6-14-35-18/h4-9,14-15,17H,3,10-13,16H2,1-2H3. The normalized spacial score (nSPS) is 17.8. The Morgan fingerprint density at radius 2 is 1.95 bits per heavy atom. The second kappa shape index (κ2) is 10.5. The number of thiocarbonyl (C=S) groups is 1. The number of carbonyl (C=O) groups excluding carboxylic acids is 2. The van der Waals surface area contributed by atoms with Crippen LogP contribution in [0.5, 0.6) is 0 Å². The van der Waals surface area contributed by atoms with Crippen molar-refractivity contribution in [3.63, 3.8) is 0 Å². The molecule has 5 rings (SSSR count). The summed E-state index contributed by atoms with van der Waals surface area (Å²) >= 11 is 6.67. The number of pyridine rings is 1. The third-order valence-electron chi connectivity index (χ3n) is 6.78. The number of nitrogens with zero attached hydrogens (tertiary/aromatic N) is 3. The van der Waals surface area contributed by atoms with Crippen molar-refractivity contribution in [3.05, 3.63) is 69.2 Å². The van der Waals surface area contributed by atoms with Gasteiger partial charge in [0.2, 0.25) is 0 Å². The van der Waals surface area contributed by atoms with Gasteiger partial charge in [-0.25, -0.2) is 0 Å². The number of fused-ring (bicyclic) bond motifs is 1. The van der Waals surface area contributed by atoms with Gasteiger partial charge in [-0.3, -0.25) is 19.3 Å². The SMILES string of the molecule is CCOC(=O)C1CCN(c2c(C=C3SC(=S)N(Cc4ccco4)C3=O)c(=O)n(C)c3ccccc23)CC1. The molecule has 37 heavy (non-hydrogen) atoms. The van der Waals surface area contributed by atoms with Gasteiger partial charge in [-0.05, 0) is 44.0 Å². The van der Waals surface area contributed by atoms with E-state index < -0.39 is 0 Å². The molecule has 0 bridgehead atoms. The van der Waals surface area contributed by atoms with Crippen LogP contribution in [0.1, 0.15) is 31.1 Å². The maximum atomic E-state index is 13.7. The molecule has 0 spiro atoms. The van der Waals surface area contributed by atoms with Crippen LogP contribution in [-0.2, 0) is 27.9 Å². The van der Waals surface area contributed by atoms with Crippen LogP contribution in [0, 0.1) is 5.92 Å². The number of aromatic nitrogens is 1. The molecule has 0 atom stereocenters. The molecule has 0 radical (unpaired) electrons. The Balaban J connectivity index is 1.54. The van der Waals surface area contributed by atoms with Gasteiger partial charge >= 0.3 is 5.97 Å². The molecule has 8 nitrogen and oxygen atoms in total. The van der Waals surface area contributed by atoms with E-state index in [0.29, 0.717) is 53.1 Å². The van der Waals surface area contributed by atoms with Crippen molar-refractivity contribution in [1.29, 1.82) is 0 Å². The Labute approximate surface area is 223 Å². The summed E-state index contributed by atoms with van der Waals surface area (Å²) in [5, 5.41) is 0.913. The third kappa shape index (κ3) is 4.83. The van der Waals surface area contributed by atoms with Crippen molar-refractivity contribution in [3.8, 4) is 0 Å². The molecule has 0 N–H and O–H groups in total. The maximum absolute atomic E-state index is 13.7. The number of aryl methyl sites for hydroxylation is 1. The van der Waals surface area contributed by atoms with Gasteiger partial charge in [-0.1, -0.05) is 42.2 Å². The lowest BCUT2D eigenvalue weighted by atomic mass is 9.95. The molecule has 2 aromatic heterocycles. The van der Waals surface area contributed by atoms with E-state index in [0.717, 1.165) is 16.6 Å². The zero-order chi connectivity index (χ0) is 26.1. The molecule has 0 unspecified atom stereocenters. The molecule has 2 aliphatic heterocycles. The fourth-order valence-electron chi connectivity index (χ4n) is 4.90. The Morgan fingerprint density at radius 1 is 1.19 bits per heavy atom. The number of benzene rings is 1. The highest BCUT2D eigenvalue weighted by atomic mass is 32.2. The van der Waals surface area contributed by atoms with Gasteiger partial charge in [0, 0.05) is 25.5 Å². The molecular formula is C27H27N3O5S2. The minimum absolute atomic E-state index is 0.157. The van der Waals surface area contributed by atoms with Crippen molar-refractivity contribution >= 4 is 62.8 Å². The van der Waals surface area contributed by atoms with E-state index >= 15 is 0 Å². The van der Waals surface area contributed by atoms with Crippen LogP contribution in [0.2, 0.25) is 0 Å². The number of carbonyl (C=O) groups is 2. The van der Waals surface area contributed by atoms with Gasteiger partial charge in [-0.15, -0.1) is 0 Å². The van der Waals surface area contributed by atoms with E-state index in [-0.39, 0.29) is 29.9 Å². The number of para-hydroxylation sites is 1. The van der Waals surface area contributed by atoms with Crippen molar-refractivity contribution < 1.29 is 18.7 Å². The highest BCUT2D eigenvalue weighted by Gasteiger charge is 2.34. The number of rotatable bonds is 6. The molecule has 2 fully saturated rings. The maximum Gasteiger partial charge on any atom is 0.309 e. The lowest BCUT2D eigenvalue weighted by Crippen LogP contribution is -2.38. The molecule has 0 aliphatic carbocycles. The number of hydrogen-bond acceptors (Lipinski definition) is 8. The summed E-state index contributed by atoms with van der Waals surface area (Å²) in [5.74, 6) is 0.0460. The third-order valence-corrected chi connectivity index (χ3v) is 8.16. The lowest BCUT2D eigenvalue weighted by molar-refractivity contribution is -0.148. The second-order valence-electron chi connectivity index (χ2n) is 9.00. The summed E-state index contributed by atoms with van der Waals surface area (Å²) in [4.78, 5) is 43.3. The van der Waals surface area contributed by atoms with Gasteiger partial charge in [-0.2, -0.15) is 0 Å². The van der Waals surface area contributed by atoms with Crippen LogP contribution in [-0.4, -0.2) is 45.4 Å². The largest absolute Gasteiger partial charge is 0.467 e. The highest BCUT2D eigenvalue weighted by Crippen LogP contribution is 2.37. The van der Waals surface area contributed by atoms with Crippen molar-refractivity contribution in [2.75, 3.05) is 24.6 Å². The van der Waals surface area contributed by atoms with Crippen molar-refractivity contribution in [1.82, 2.24) is 9.47 Å².